The molecule has 4 heteroatoms. The van der Waals surface area contributed by atoms with Gasteiger partial charge in [0.2, 0.25) is 0 Å². The number of methoxy groups -OCH3 is 1. The molecule has 0 aromatic carbocycles. The molecule has 0 rings (SSSR count). The Labute approximate surface area is 55.9 Å². The first-order valence-electron chi connectivity index (χ1n) is 1.36. The zero-order valence-electron chi connectivity index (χ0n) is 3.75. The third-order valence-corrected chi connectivity index (χ3v) is 0.307. The van der Waals surface area contributed by atoms with Gasteiger partial charge in [-0.2, -0.15) is 6.61 Å². The Kier molecular flexibility index (Phi) is 8.62. The van der Waals surface area contributed by atoms with Crippen LogP contribution in [0.5, 0.6) is 0 Å². The third kappa shape index (κ3) is 5.99. The van der Waals surface area contributed by atoms with Crippen LogP contribution < -0.4 is 0 Å². The van der Waals surface area contributed by atoms with Gasteiger partial charge in [0.15, 0.2) is 5.97 Å². The van der Waals surface area contributed by atoms with Gasteiger partial charge >= 0.3 is 21.1 Å². The fraction of sp³-hybridized carbons (Fsp3) is 0.333. The van der Waals surface area contributed by atoms with Gasteiger partial charge in [0.05, 0.1) is 7.11 Å². The SMILES string of the molecule is COC(=O)[CH-]O.[W+2]. The van der Waals surface area contributed by atoms with Gasteiger partial charge in [-0.3, -0.25) is 4.79 Å². The maximum absolute atomic E-state index is 9.65. The van der Waals surface area contributed by atoms with E-state index in [1.54, 1.807) is 0 Å². The first-order chi connectivity index (χ1) is 2.81. The zero-order chi connectivity index (χ0) is 4.99. The van der Waals surface area contributed by atoms with E-state index in [-0.39, 0.29) is 21.1 Å². The Bertz CT molecular complexity index is 48.1. The summed E-state index contributed by atoms with van der Waals surface area (Å²) in [7, 11) is 1.19. The average molecular weight is 273 g/mol. The third-order valence-electron chi connectivity index (χ3n) is 0.307. The number of hydrogen-bond acceptors (Lipinski definition) is 3. The van der Waals surface area contributed by atoms with E-state index in [1.165, 1.54) is 7.11 Å². The van der Waals surface area contributed by atoms with Crippen molar-refractivity contribution in [2.75, 3.05) is 7.11 Å². The van der Waals surface area contributed by atoms with Crippen LogP contribution in [0.3, 0.4) is 0 Å². The molecule has 0 saturated carbocycles. The van der Waals surface area contributed by atoms with Crippen LogP contribution in [0.4, 0.5) is 0 Å². The van der Waals surface area contributed by atoms with Crippen LogP contribution in [0.1, 0.15) is 0 Å². The molecule has 40 valence electrons. The second-order valence-corrected chi connectivity index (χ2v) is 0.652. The minimum absolute atomic E-state index is 0. The molecule has 0 aliphatic carbocycles. The molecule has 0 heterocycles. The standard InChI is InChI=1S/C3H5O3.W/c1-6-3(5)2-4;/h2,4H,1H3;/q-1;+2. The van der Waals surface area contributed by atoms with E-state index >= 15 is 0 Å². The zero-order valence-corrected chi connectivity index (χ0v) is 6.68. The molecule has 0 spiro atoms. The number of ether oxygens (including phenoxy) is 1. The van der Waals surface area contributed by atoms with Crippen LogP contribution in [0, 0.1) is 6.61 Å². The number of rotatable bonds is 1. The van der Waals surface area contributed by atoms with Crippen LogP contribution >= 0.6 is 0 Å². The second-order valence-electron chi connectivity index (χ2n) is 0.652. The van der Waals surface area contributed by atoms with Crippen LogP contribution in [0.2, 0.25) is 0 Å². The minimum atomic E-state index is -0.727. The molecule has 0 aliphatic rings. The fourth-order valence-electron chi connectivity index (χ4n) is 0.0527. The van der Waals surface area contributed by atoms with Gasteiger partial charge in [-0.05, 0) is 0 Å². The van der Waals surface area contributed by atoms with Crippen molar-refractivity contribution in [1.82, 2.24) is 0 Å². The summed E-state index contributed by atoms with van der Waals surface area (Å²) < 4.78 is 3.95. The Morgan fingerprint density at radius 2 is 2.29 bits per heavy atom. The monoisotopic (exact) mass is 273 g/mol. The summed E-state index contributed by atoms with van der Waals surface area (Å²) in [6.07, 6.45) is 0. The first-order valence-corrected chi connectivity index (χ1v) is 1.36. The van der Waals surface area contributed by atoms with Gasteiger partial charge in [-0.1, -0.05) is 0 Å². The van der Waals surface area contributed by atoms with Gasteiger partial charge in [0.25, 0.3) is 0 Å². The van der Waals surface area contributed by atoms with Crippen molar-refractivity contribution in [3.63, 3.8) is 0 Å². The number of carbonyl (C=O) groups is 1. The molecule has 0 aromatic rings. The Hall–Kier alpha value is -0.0117. The van der Waals surface area contributed by atoms with E-state index in [9.17, 15) is 4.79 Å². The molecule has 0 unspecified atom stereocenters. The first kappa shape index (κ1) is 10.1. The van der Waals surface area contributed by atoms with Gasteiger partial charge in [0.1, 0.15) is 0 Å². The topological polar surface area (TPSA) is 46.5 Å². The molecule has 0 aromatic heterocycles. The van der Waals surface area contributed by atoms with Crippen LogP contribution in [0.25, 0.3) is 0 Å². The summed E-state index contributed by atoms with van der Waals surface area (Å²) in [5.74, 6) is -0.727. The van der Waals surface area contributed by atoms with Crippen molar-refractivity contribution in [3.8, 4) is 0 Å². The number of esters is 1. The molecule has 0 aliphatic heterocycles. The number of aliphatic hydroxyl groups is 1. The van der Waals surface area contributed by atoms with Crippen LogP contribution in [0.15, 0.2) is 0 Å². The molecular weight excluding hydrogens is 268 g/mol. The molecule has 0 bridgehead atoms. The van der Waals surface area contributed by atoms with Crippen molar-refractivity contribution in [1.29, 1.82) is 0 Å². The maximum Gasteiger partial charge on any atom is 2.00 e. The summed E-state index contributed by atoms with van der Waals surface area (Å²) in [6, 6.07) is 0. The Balaban J connectivity index is 0. The van der Waals surface area contributed by atoms with E-state index in [0.29, 0.717) is 6.61 Å². The smallest absolute Gasteiger partial charge is 0.537 e. The maximum atomic E-state index is 9.65. The molecule has 1 N–H and O–H groups in total. The van der Waals surface area contributed by atoms with E-state index in [4.69, 9.17) is 5.11 Å². The Morgan fingerprint density at radius 1 is 1.86 bits per heavy atom. The second kappa shape index (κ2) is 5.99. The molecule has 0 fully saturated rings. The molecule has 0 saturated heterocycles. The summed E-state index contributed by atoms with van der Waals surface area (Å²) in [4.78, 5) is 9.65. The van der Waals surface area contributed by atoms with Crippen molar-refractivity contribution >= 4 is 5.97 Å². The molecular formula is C3H5O3W+. The fourth-order valence-corrected chi connectivity index (χ4v) is 0.0527. The quantitative estimate of drug-likeness (QED) is 0.526. The van der Waals surface area contributed by atoms with E-state index < -0.39 is 5.97 Å². The number of hydrogen-bond donors (Lipinski definition) is 1. The minimum Gasteiger partial charge on any atom is -0.537 e. The van der Waals surface area contributed by atoms with E-state index in [0.717, 1.165) is 0 Å². The number of aliphatic hydroxyl groups excluding tert-OH is 1. The molecule has 3 nitrogen and oxygen atoms in total. The van der Waals surface area contributed by atoms with E-state index in [2.05, 4.69) is 4.74 Å². The van der Waals surface area contributed by atoms with Crippen LogP contribution in [-0.2, 0) is 30.6 Å². The van der Waals surface area contributed by atoms with Gasteiger partial charge in [-0.25, -0.2) is 0 Å². The molecule has 0 radical (unpaired) electrons. The van der Waals surface area contributed by atoms with Gasteiger partial charge in [-0.15, -0.1) is 0 Å². The molecule has 0 atom stereocenters. The summed E-state index contributed by atoms with van der Waals surface area (Å²) in [6.45, 7) is 0.361. The predicted octanol–water partition coefficient (Wildman–Crippen LogP) is -0.309. The Morgan fingerprint density at radius 3 is 2.29 bits per heavy atom. The van der Waals surface area contributed by atoms with Gasteiger partial charge in [0, 0.05) is 0 Å². The van der Waals surface area contributed by atoms with Crippen molar-refractivity contribution in [2.45, 2.75) is 0 Å². The molecule has 0 amide bonds. The molecule has 7 heavy (non-hydrogen) atoms. The van der Waals surface area contributed by atoms with Crippen LogP contribution in [-0.4, -0.2) is 18.2 Å². The average Bonchev–Trinajstić information content (AvgIpc) is 1.65. The summed E-state index contributed by atoms with van der Waals surface area (Å²) in [5, 5.41) is 7.74. The summed E-state index contributed by atoms with van der Waals surface area (Å²) in [5.41, 5.74) is 0. The normalized spacial score (nSPS) is 6.00. The van der Waals surface area contributed by atoms with Crippen molar-refractivity contribution in [3.05, 3.63) is 6.61 Å². The van der Waals surface area contributed by atoms with Gasteiger partial charge < -0.3 is 9.84 Å². The summed E-state index contributed by atoms with van der Waals surface area (Å²) >= 11 is 0. The largest absolute Gasteiger partial charge is 2.00 e. The van der Waals surface area contributed by atoms with Crippen molar-refractivity contribution < 1.29 is 35.7 Å². The van der Waals surface area contributed by atoms with Crippen molar-refractivity contribution in [2.24, 2.45) is 0 Å². The predicted molar refractivity (Wildman–Crippen MR) is 18.3 cm³/mol. The van der Waals surface area contributed by atoms with E-state index in [1.807, 2.05) is 0 Å². The number of carbonyl (C=O) groups excluding carboxylic acids is 1.